The van der Waals surface area contributed by atoms with Crippen molar-refractivity contribution in [3.05, 3.63) is 35.9 Å². The zero-order valence-corrected chi connectivity index (χ0v) is 10.9. The second kappa shape index (κ2) is 8.81. The third-order valence-corrected chi connectivity index (χ3v) is 2.58. The minimum absolute atomic E-state index is 0.804. The zero-order chi connectivity index (χ0) is 12.3. The molecule has 17 heavy (non-hydrogen) atoms. The number of hydrogen-bond donors (Lipinski definition) is 1. The lowest BCUT2D eigenvalue weighted by atomic mass is 10.2. The summed E-state index contributed by atoms with van der Waals surface area (Å²) in [5, 5.41) is 3.31. The molecule has 0 aliphatic heterocycles. The van der Waals surface area contributed by atoms with Gasteiger partial charge in [0.05, 0.1) is 6.54 Å². The largest absolute Gasteiger partial charge is 0.306 e. The van der Waals surface area contributed by atoms with Gasteiger partial charge in [-0.15, -0.1) is 5.92 Å². The molecule has 0 fully saturated rings. The van der Waals surface area contributed by atoms with E-state index >= 15 is 0 Å². The number of nitrogens with one attached hydrogen (secondary N) is 1. The van der Waals surface area contributed by atoms with Crippen LogP contribution >= 0.6 is 0 Å². The highest BCUT2D eigenvalue weighted by atomic mass is 15.1. The van der Waals surface area contributed by atoms with E-state index < -0.39 is 0 Å². The molecule has 0 heterocycles. The van der Waals surface area contributed by atoms with Gasteiger partial charge in [-0.3, -0.25) is 0 Å². The van der Waals surface area contributed by atoms with Gasteiger partial charge in [-0.05, 0) is 39.0 Å². The lowest BCUT2D eigenvalue weighted by Gasteiger charge is -2.16. The fourth-order valence-corrected chi connectivity index (χ4v) is 1.69. The Balaban J connectivity index is 2.09. The number of benzene rings is 1. The molecule has 1 N–H and O–H groups in total. The minimum atomic E-state index is 0.804. The Kier molecular flexibility index (Phi) is 7.13. The summed E-state index contributed by atoms with van der Waals surface area (Å²) >= 11 is 0. The van der Waals surface area contributed by atoms with E-state index in [9.17, 15) is 0 Å². The van der Waals surface area contributed by atoms with E-state index in [1.807, 2.05) is 6.92 Å². The van der Waals surface area contributed by atoms with E-state index in [-0.39, 0.29) is 0 Å². The first-order valence-electron chi connectivity index (χ1n) is 6.15. The van der Waals surface area contributed by atoms with Crippen molar-refractivity contribution in [3.63, 3.8) is 0 Å². The Hall–Kier alpha value is -1.30. The summed E-state index contributed by atoms with van der Waals surface area (Å²) < 4.78 is 0. The van der Waals surface area contributed by atoms with Crippen molar-refractivity contribution in [2.24, 2.45) is 0 Å². The van der Waals surface area contributed by atoms with E-state index in [0.717, 1.165) is 32.6 Å². The van der Waals surface area contributed by atoms with Crippen LogP contribution in [0.2, 0.25) is 0 Å². The summed E-state index contributed by atoms with van der Waals surface area (Å²) in [5.74, 6) is 5.88. The fourth-order valence-electron chi connectivity index (χ4n) is 1.69. The normalized spacial score (nSPS) is 10.1. The fraction of sp³-hybridized carbons (Fsp3) is 0.467. The molecule has 0 spiro atoms. The maximum Gasteiger partial charge on any atom is 0.0576 e. The quantitative estimate of drug-likeness (QED) is 0.570. The van der Waals surface area contributed by atoms with E-state index in [1.165, 1.54) is 5.56 Å². The Morgan fingerprint density at radius 1 is 1.24 bits per heavy atom. The molecule has 1 rings (SSSR count). The van der Waals surface area contributed by atoms with Crippen LogP contribution in [-0.2, 0) is 6.54 Å². The van der Waals surface area contributed by atoms with Crippen molar-refractivity contribution >= 4 is 0 Å². The molecule has 1 aromatic rings. The van der Waals surface area contributed by atoms with Crippen LogP contribution in [0.3, 0.4) is 0 Å². The van der Waals surface area contributed by atoms with Crippen LogP contribution in [-0.4, -0.2) is 31.6 Å². The van der Waals surface area contributed by atoms with Gasteiger partial charge in [0.25, 0.3) is 0 Å². The van der Waals surface area contributed by atoms with Crippen molar-refractivity contribution in [1.29, 1.82) is 0 Å². The molecule has 0 aromatic heterocycles. The van der Waals surface area contributed by atoms with Crippen molar-refractivity contribution < 1.29 is 0 Å². The summed E-state index contributed by atoms with van der Waals surface area (Å²) in [4.78, 5) is 2.35. The lowest BCUT2D eigenvalue weighted by Crippen LogP contribution is -2.24. The molecule has 2 nitrogen and oxygen atoms in total. The molecule has 0 aliphatic rings. The predicted octanol–water partition coefficient (Wildman–Crippen LogP) is 2.12. The van der Waals surface area contributed by atoms with Crippen molar-refractivity contribution in [2.75, 3.05) is 26.7 Å². The van der Waals surface area contributed by atoms with Crippen molar-refractivity contribution in [1.82, 2.24) is 10.2 Å². The lowest BCUT2D eigenvalue weighted by molar-refractivity contribution is 0.320. The van der Waals surface area contributed by atoms with Crippen LogP contribution in [0.15, 0.2) is 30.3 Å². The summed E-state index contributed by atoms with van der Waals surface area (Å²) in [6.45, 7) is 5.85. The summed E-state index contributed by atoms with van der Waals surface area (Å²) in [6.07, 6.45) is 1.16. The Morgan fingerprint density at radius 3 is 2.71 bits per heavy atom. The average molecular weight is 230 g/mol. The maximum absolute atomic E-state index is 3.31. The van der Waals surface area contributed by atoms with Gasteiger partial charge >= 0.3 is 0 Å². The monoisotopic (exact) mass is 230 g/mol. The third kappa shape index (κ3) is 6.78. The molecule has 0 atom stereocenters. The highest BCUT2D eigenvalue weighted by molar-refractivity contribution is 5.14. The second-order valence-corrected chi connectivity index (χ2v) is 4.18. The highest BCUT2D eigenvalue weighted by Gasteiger charge is 1.98. The molecule has 92 valence electrons. The summed E-state index contributed by atoms with van der Waals surface area (Å²) in [7, 11) is 2.17. The van der Waals surface area contributed by atoms with Crippen LogP contribution in [0.5, 0.6) is 0 Å². The van der Waals surface area contributed by atoms with Gasteiger partial charge in [-0.2, -0.15) is 0 Å². The van der Waals surface area contributed by atoms with Crippen LogP contribution in [0, 0.1) is 11.8 Å². The molecule has 0 radical (unpaired) electrons. The Labute approximate surface area is 105 Å². The first kappa shape index (κ1) is 13.8. The highest BCUT2D eigenvalue weighted by Crippen LogP contribution is 2.02. The van der Waals surface area contributed by atoms with Gasteiger partial charge < -0.3 is 10.2 Å². The SMILES string of the molecule is CC#CCNCCCN(C)Cc1ccccc1. The van der Waals surface area contributed by atoms with Crippen LogP contribution in [0.25, 0.3) is 0 Å². The Morgan fingerprint density at radius 2 is 2.00 bits per heavy atom. The third-order valence-electron chi connectivity index (χ3n) is 2.58. The van der Waals surface area contributed by atoms with Gasteiger partial charge in [-0.25, -0.2) is 0 Å². The first-order chi connectivity index (χ1) is 8.33. The zero-order valence-electron chi connectivity index (χ0n) is 10.9. The number of rotatable bonds is 7. The van der Waals surface area contributed by atoms with Gasteiger partial charge in [0.2, 0.25) is 0 Å². The maximum atomic E-state index is 3.31. The van der Waals surface area contributed by atoms with E-state index in [2.05, 4.69) is 59.4 Å². The van der Waals surface area contributed by atoms with Crippen LogP contribution < -0.4 is 5.32 Å². The standard InChI is InChI=1S/C15H22N2/c1-3-4-11-16-12-8-13-17(2)14-15-9-6-5-7-10-15/h5-7,9-10,16H,8,11-14H2,1-2H3. The smallest absolute Gasteiger partial charge is 0.0576 e. The first-order valence-corrected chi connectivity index (χ1v) is 6.15. The van der Waals surface area contributed by atoms with Gasteiger partial charge in [0.1, 0.15) is 0 Å². The molecule has 2 heteroatoms. The van der Waals surface area contributed by atoms with E-state index in [4.69, 9.17) is 0 Å². The number of nitrogens with zero attached hydrogens (tertiary/aromatic N) is 1. The molecule has 0 amide bonds. The summed E-state index contributed by atoms with van der Waals surface area (Å²) in [5.41, 5.74) is 1.37. The van der Waals surface area contributed by atoms with Gasteiger partial charge in [0.15, 0.2) is 0 Å². The topological polar surface area (TPSA) is 15.3 Å². The van der Waals surface area contributed by atoms with Crippen LogP contribution in [0.1, 0.15) is 18.9 Å². The minimum Gasteiger partial charge on any atom is -0.306 e. The molecular formula is C15H22N2. The predicted molar refractivity (Wildman–Crippen MR) is 73.7 cm³/mol. The summed E-state index contributed by atoms with van der Waals surface area (Å²) in [6, 6.07) is 10.6. The number of hydrogen-bond acceptors (Lipinski definition) is 2. The molecule has 0 saturated heterocycles. The molecule has 0 aliphatic carbocycles. The molecule has 1 aromatic carbocycles. The second-order valence-electron chi connectivity index (χ2n) is 4.18. The van der Waals surface area contributed by atoms with Crippen molar-refractivity contribution in [3.8, 4) is 11.8 Å². The Bertz CT molecular complexity index is 348. The van der Waals surface area contributed by atoms with E-state index in [1.54, 1.807) is 0 Å². The van der Waals surface area contributed by atoms with Gasteiger partial charge in [0, 0.05) is 6.54 Å². The molecule has 0 bridgehead atoms. The van der Waals surface area contributed by atoms with Crippen LogP contribution in [0.4, 0.5) is 0 Å². The van der Waals surface area contributed by atoms with E-state index in [0.29, 0.717) is 0 Å². The molecule has 0 unspecified atom stereocenters. The molecule has 0 saturated carbocycles. The molecular weight excluding hydrogens is 208 g/mol. The average Bonchev–Trinajstić information content (AvgIpc) is 2.35. The van der Waals surface area contributed by atoms with Crippen molar-refractivity contribution in [2.45, 2.75) is 19.9 Å². The van der Waals surface area contributed by atoms with Gasteiger partial charge in [-0.1, -0.05) is 36.3 Å².